The first-order valence-corrected chi connectivity index (χ1v) is 12.5. The molecular weight excluding hydrogens is 430 g/mol. The maximum Gasteiger partial charge on any atom is 0.284 e. The lowest BCUT2D eigenvalue weighted by Crippen LogP contribution is -2.53. The van der Waals surface area contributed by atoms with Crippen LogP contribution in [0.3, 0.4) is 0 Å². The average Bonchev–Trinajstić information content (AvgIpc) is 3.05. The van der Waals surface area contributed by atoms with Gasteiger partial charge >= 0.3 is 0 Å². The third-order valence-electron chi connectivity index (χ3n) is 6.21. The highest BCUT2D eigenvalue weighted by molar-refractivity contribution is 7.90. The number of sulfonamides is 1. The van der Waals surface area contributed by atoms with Crippen molar-refractivity contribution < 1.29 is 8.42 Å². The number of hydrogen-bond donors (Lipinski definition) is 0. The Hall–Kier alpha value is -3.38. The van der Waals surface area contributed by atoms with Gasteiger partial charge in [-0.2, -0.15) is 8.42 Å². The number of aryl methyl sites for hydroxylation is 1. The van der Waals surface area contributed by atoms with E-state index >= 15 is 0 Å². The van der Waals surface area contributed by atoms with E-state index < -0.39 is 15.6 Å². The molecule has 0 fully saturated rings. The third kappa shape index (κ3) is 3.85. The molecule has 0 spiro atoms. The minimum absolute atomic E-state index is 0.174. The molecule has 4 rings (SSSR count). The highest BCUT2D eigenvalue weighted by Gasteiger charge is 2.51. The van der Waals surface area contributed by atoms with E-state index in [-0.39, 0.29) is 4.90 Å². The van der Waals surface area contributed by atoms with Crippen molar-refractivity contribution in [3.05, 3.63) is 103 Å². The molecule has 3 aromatic carbocycles. The summed E-state index contributed by atoms with van der Waals surface area (Å²) in [5.41, 5.74) is 3.29. The van der Waals surface area contributed by atoms with E-state index in [9.17, 15) is 8.42 Å². The van der Waals surface area contributed by atoms with Gasteiger partial charge in [-0.05, 0) is 50.6 Å². The van der Waals surface area contributed by atoms with Gasteiger partial charge in [0.2, 0.25) is 0 Å². The van der Waals surface area contributed by atoms with Gasteiger partial charge in [-0.1, -0.05) is 60.2 Å². The van der Waals surface area contributed by atoms with Crippen molar-refractivity contribution in [2.24, 2.45) is 4.40 Å². The second-order valence-electron chi connectivity index (χ2n) is 8.21. The van der Waals surface area contributed by atoms with Gasteiger partial charge in [-0.3, -0.25) is 0 Å². The predicted octanol–water partition coefficient (Wildman–Crippen LogP) is 5.53. The zero-order valence-corrected chi connectivity index (χ0v) is 20.1. The quantitative estimate of drug-likeness (QED) is 0.436. The van der Waals surface area contributed by atoms with E-state index in [4.69, 9.17) is 0 Å². The molecule has 0 N–H and O–H groups in total. The van der Waals surface area contributed by atoms with Crippen LogP contribution >= 0.6 is 0 Å². The number of anilines is 2. The smallest absolute Gasteiger partial charge is 0.284 e. The monoisotopic (exact) mass is 459 g/mol. The molecule has 0 aliphatic carbocycles. The molecule has 170 valence electrons. The average molecular weight is 460 g/mol. The van der Waals surface area contributed by atoms with E-state index in [0.717, 1.165) is 22.5 Å². The van der Waals surface area contributed by atoms with E-state index in [1.807, 2.05) is 36.2 Å². The minimum atomic E-state index is -3.93. The normalized spacial score (nSPS) is 18.9. The molecule has 3 aromatic rings. The number of benzene rings is 3. The molecule has 1 aliphatic heterocycles. The van der Waals surface area contributed by atoms with E-state index in [0.29, 0.717) is 18.8 Å². The van der Waals surface area contributed by atoms with Crippen molar-refractivity contribution in [2.45, 2.75) is 30.7 Å². The van der Waals surface area contributed by atoms with Gasteiger partial charge in [0, 0.05) is 30.5 Å². The van der Waals surface area contributed by atoms with Crippen LogP contribution in [0.2, 0.25) is 0 Å². The van der Waals surface area contributed by atoms with Gasteiger partial charge in [-0.25, -0.2) is 0 Å². The van der Waals surface area contributed by atoms with E-state index in [1.54, 1.807) is 30.3 Å². The van der Waals surface area contributed by atoms with Crippen molar-refractivity contribution in [3.63, 3.8) is 0 Å². The van der Waals surface area contributed by atoms with Crippen LogP contribution in [0.4, 0.5) is 11.4 Å². The molecule has 0 saturated heterocycles. The first-order chi connectivity index (χ1) is 15.8. The summed E-state index contributed by atoms with van der Waals surface area (Å²) in [6.45, 7) is 8.82. The molecule has 0 amide bonds. The number of rotatable bonds is 7. The molecule has 5 nitrogen and oxygen atoms in total. The van der Waals surface area contributed by atoms with Crippen LogP contribution in [0.5, 0.6) is 0 Å². The van der Waals surface area contributed by atoms with Crippen molar-refractivity contribution in [1.29, 1.82) is 0 Å². The van der Waals surface area contributed by atoms with Crippen LogP contribution in [0.15, 0.2) is 101 Å². The fraction of sp³-hybridized carbons (Fsp3) is 0.222. The highest BCUT2D eigenvalue weighted by atomic mass is 32.2. The molecule has 1 aliphatic rings. The lowest BCUT2D eigenvalue weighted by molar-refractivity contribution is 0.548. The summed E-state index contributed by atoms with van der Waals surface area (Å²) in [4.78, 5) is 4.30. The molecule has 1 unspecified atom stereocenters. The second kappa shape index (κ2) is 8.87. The maximum atomic E-state index is 13.4. The molecule has 33 heavy (non-hydrogen) atoms. The van der Waals surface area contributed by atoms with E-state index in [2.05, 4.69) is 60.1 Å². The predicted molar refractivity (Wildman–Crippen MR) is 137 cm³/mol. The first kappa shape index (κ1) is 22.8. The number of likely N-dealkylation sites (N-methyl/N-ethyl adjacent to an activating group) is 2. The number of fused-ring (bicyclic) bond motifs is 1. The Labute approximate surface area is 196 Å². The van der Waals surface area contributed by atoms with Crippen molar-refractivity contribution in [3.8, 4) is 0 Å². The molecule has 0 bridgehead atoms. The van der Waals surface area contributed by atoms with Crippen LogP contribution in [0, 0.1) is 6.92 Å². The number of amidine groups is 1. The summed E-state index contributed by atoms with van der Waals surface area (Å²) in [7, 11) is -2.05. The summed E-state index contributed by atoms with van der Waals surface area (Å²) in [6, 6.07) is 24.7. The lowest BCUT2D eigenvalue weighted by Gasteiger charge is -2.43. The third-order valence-corrected chi connectivity index (χ3v) is 7.49. The number of para-hydroxylation sites is 1. The molecule has 0 radical (unpaired) electrons. The molecular formula is C27H29N3O2S. The Morgan fingerprint density at radius 1 is 1.00 bits per heavy atom. The summed E-state index contributed by atoms with van der Waals surface area (Å²) in [5.74, 6) is 0.467. The first-order valence-electron chi connectivity index (χ1n) is 11.0. The Kier molecular flexibility index (Phi) is 6.13. The van der Waals surface area contributed by atoms with Crippen LogP contribution in [-0.2, 0) is 15.6 Å². The van der Waals surface area contributed by atoms with Gasteiger partial charge in [-0.15, -0.1) is 11.0 Å². The van der Waals surface area contributed by atoms with Crippen LogP contribution in [-0.4, -0.2) is 27.8 Å². The Balaban J connectivity index is 2.02. The van der Waals surface area contributed by atoms with Crippen LogP contribution < -0.4 is 9.80 Å². The van der Waals surface area contributed by atoms with Gasteiger partial charge in [0.1, 0.15) is 5.54 Å². The fourth-order valence-corrected chi connectivity index (χ4v) is 5.82. The minimum Gasteiger partial charge on any atom is -0.355 e. The van der Waals surface area contributed by atoms with Crippen molar-refractivity contribution in [1.82, 2.24) is 0 Å². The highest BCUT2D eigenvalue weighted by Crippen LogP contribution is 2.48. The Bertz CT molecular complexity index is 1280. The molecule has 1 atom stereocenters. The lowest BCUT2D eigenvalue weighted by atomic mass is 9.84. The molecule has 0 saturated carbocycles. The van der Waals surface area contributed by atoms with Gasteiger partial charge in [0.05, 0.1) is 4.90 Å². The maximum absolute atomic E-state index is 13.4. The van der Waals surface area contributed by atoms with Gasteiger partial charge in [0.25, 0.3) is 10.0 Å². The van der Waals surface area contributed by atoms with Crippen LogP contribution in [0.25, 0.3) is 0 Å². The zero-order valence-electron chi connectivity index (χ0n) is 19.3. The number of nitrogens with zero attached hydrogens (tertiary/aromatic N) is 3. The van der Waals surface area contributed by atoms with Crippen molar-refractivity contribution in [2.75, 3.05) is 23.4 Å². The summed E-state index contributed by atoms with van der Waals surface area (Å²) in [5, 5.41) is 0. The Morgan fingerprint density at radius 2 is 1.64 bits per heavy atom. The van der Waals surface area contributed by atoms with Crippen LogP contribution in [0.1, 0.15) is 24.5 Å². The topological polar surface area (TPSA) is 53.0 Å². The Morgan fingerprint density at radius 3 is 2.27 bits per heavy atom. The van der Waals surface area contributed by atoms with E-state index in [1.165, 1.54) is 0 Å². The zero-order chi connectivity index (χ0) is 23.6. The fourth-order valence-electron chi connectivity index (χ4n) is 4.71. The SMILES string of the molecule is C=CCC1(N(CC)c2ccc(C)cc2)/C(=N/S(=O)(=O)c2ccccc2)N(C)c2ccccc21. The standard InChI is InChI=1S/C27H29N3O2S/c1-5-20-27(30(6-2)22-18-16-21(3)17-19-22)24-14-10-11-15-25(24)29(4)26(27)28-33(31,32)23-12-8-7-9-13-23/h5,7-19H,1,6,20H2,2-4H3/b28-26-. The molecule has 1 heterocycles. The van der Waals surface area contributed by atoms with Crippen molar-refractivity contribution >= 4 is 27.2 Å². The summed E-state index contributed by atoms with van der Waals surface area (Å²) in [6.07, 6.45) is 2.34. The molecule has 6 heteroatoms. The van der Waals surface area contributed by atoms with Gasteiger partial charge in [0.15, 0.2) is 5.84 Å². The number of hydrogen-bond acceptors (Lipinski definition) is 3. The second-order valence-corrected chi connectivity index (χ2v) is 9.82. The van der Waals surface area contributed by atoms with Gasteiger partial charge < -0.3 is 9.80 Å². The molecule has 0 aromatic heterocycles. The summed E-state index contributed by atoms with van der Waals surface area (Å²) >= 11 is 0. The summed E-state index contributed by atoms with van der Waals surface area (Å²) < 4.78 is 31.3. The largest absolute Gasteiger partial charge is 0.355 e.